The van der Waals surface area contributed by atoms with Gasteiger partial charge in [-0.05, 0) is 74.9 Å². The maximum atomic E-state index is 14.4. The first-order valence-corrected chi connectivity index (χ1v) is 18.6. The quantitative estimate of drug-likeness (QED) is 0.223. The van der Waals surface area contributed by atoms with Crippen LogP contribution in [0.15, 0.2) is 72.1 Å². The summed E-state index contributed by atoms with van der Waals surface area (Å²) in [6.45, 7) is 9.12. The molecule has 10 nitrogen and oxygen atoms in total. The van der Waals surface area contributed by atoms with Gasteiger partial charge in [0.15, 0.2) is 0 Å². The van der Waals surface area contributed by atoms with Gasteiger partial charge < -0.3 is 19.9 Å². The Kier molecular flexibility index (Phi) is 13.0. The van der Waals surface area contributed by atoms with E-state index in [2.05, 4.69) is 5.32 Å². The van der Waals surface area contributed by atoms with Gasteiger partial charge in [-0.15, -0.1) is 11.3 Å². The molecule has 0 saturated heterocycles. The molecular weight excluding hydrogens is 649 g/mol. The van der Waals surface area contributed by atoms with Crippen LogP contribution in [0.2, 0.25) is 0 Å². The number of hydrogen-bond acceptors (Lipinski definition) is 7. The third-order valence-electron chi connectivity index (χ3n) is 8.02. The molecule has 48 heavy (non-hydrogen) atoms. The molecule has 0 aliphatic heterocycles. The Bertz CT molecular complexity index is 1700. The number of alkyl carbamates (subject to hydrolysis) is 1. The number of fused-ring (bicyclic) bond motifs is 1. The molecule has 0 fully saturated rings. The van der Waals surface area contributed by atoms with Gasteiger partial charge in [0.1, 0.15) is 11.6 Å². The van der Waals surface area contributed by atoms with E-state index in [4.69, 9.17) is 4.74 Å². The number of carbonyl (C=O) groups excluding carboxylic acids is 3. The van der Waals surface area contributed by atoms with E-state index in [1.54, 1.807) is 57.2 Å². The lowest BCUT2D eigenvalue weighted by molar-refractivity contribution is -0.143. The van der Waals surface area contributed by atoms with Crippen LogP contribution in [0.4, 0.5) is 4.79 Å². The van der Waals surface area contributed by atoms with Crippen LogP contribution >= 0.6 is 11.3 Å². The third kappa shape index (κ3) is 11.7. The number of hydrogen-bond donors (Lipinski definition) is 1. The predicted octanol–water partition coefficient (Wildman–Crippen LogP) is 5.48. The molecule has 1 N–H and O–H groups in total. The number of sulfonamides is 1. The predicted molar refractivity (Wildman–Crippen MR) is 193 cm³/mol. The Labute approximate surface area is 289 Å². The molecule has 1 aromatic heterocycles. The van der Waals surface area contributed by atoms with Crippen LogP contribution in [0.3, 0.4) is 0 Å². The number of amides is 3. The summed E-state index contributed by atoms with van der Waals surface area (Å²) in [5, 5.41) is 6.86. The Morgan fingerprint density at radius 3 is 2.19 bits per heavy atom. The zero-order valence-corrected chi connectivity index (χ0v) is 31.2. The van der Waals surface area contributed by atoms with E-state index >= 15 is 0 Å². The maximum absolute atomic E-state index is 14.4. The van der Waals surface area contributed by atoms with Crippen LogP contribution in [0.1, 0.15) is 51.5 Å². The molecule has 2 aromatic carbocycles. The van der Waals surface area contributed by atoms with Crippen LogP contribution in [-0.4, -0.2) is 97.6 Å². The minimum absolute atomic E-state index is 0.0962. The highest BCUT2D eigenvalue weighted by Gasteiger charge is 2.33. The monoisotopic (exact) mass is 698 g/mol. The highest BCUT2D eigenvalue weighted by molar-refractivity contribution is 7.88. The lowest BCUT2D eigenvalue weighted by Crippen LogP contribution is -2.54. The Morgan fingerprint density at radius 2 is 1.58 bits per heavy atom. The first-order valence-electron chi connectivity index (χ1n) is 15.9. The summed E-state index contributed by atoms with van der Waals surface area (Å²) in [6.07, 6.45) is 4.74. The molecule has 3 aromatic rings. The molecular formula is C36H50N4O6S2. The van der Waals surface area contributed by atoms with Crippen molar-refractivity contribution in [1.29, 1.82) is 0 Å². The van der Waals surface area contributed by atoms with Crippen molar-refractivity contribution in [1.82, 2.24) is 19.4 Å². The molecule has 0 saturated carbocycles. The van der Waals surface area contributed by atoms with E-state index in [-0.39, 0.29) is 24.8 Å². The largest absolute Gasteiger partial charge is 0.444 e. The van der Waals surface area contributed by atoms with Crippen LogP contribution in [0, 0.1) is 0 Å². The molecule has 2 atom stereocenters. The maximum Gasteiger partial charge on any atom is 0.408 e. The summed E-state index contributed by atoms with van der Waals surface area (Å²) >= 11 is 1.54. The van der Waals surface area contributed by atoms with E-state index in [0.717, 1.165) is 27.5 Å². The summed E-state index contributed by atoms with van der Waals surface area (Å²) in [4.78, 5) is 44.4. The molecule has 3 rings (SSSR count). The van der Waals surface area contributed by atoms with Crippen LogP contribution in [0.25, 0.3) is 10.8 Å². The van der Waals surface area contributed by atoms with E-state index in [1.807, 2.05) is 73.8 Å². The summed E-state index contributed by atoms with van der Waals surface area (Å²) in [5.41, 5.74) is -0.453. The lowest BCUT2D eigenvalue weighted by atomic mass is 9.99. The van der Waals surface area contributed by atoms with Crippen molar-refractivity contribution >= 4 is 50.0 Å². The van der Waals surface area contributed by atoms with Crippen molar-refractivity contribution in [3.63, 3.8) is 0 Å². The van der Waals surface area contributed by atoms with Gasteiger partial charge in [0.05, 0.1) is 12.3 Å². The summed E-state index contributed by atoms with van der Waals surface area (Å²) in [6, 6.07) is 16.4. The highest BCUT2D eigenvalue weighted by Crippen LogP contribution is 2.22. The fraction of sp³-hybridized carbons (Fsp3) is 0.472. The molecule has 12 heteroatoms. The molecule has 0 spiro atoms. The van der Waals surface area contributed by atoms with E-state index < -0.39 is 39.3 Å². The standard InChI is InChI=1S/C36H50N4O6S2/c1-35(2,3)46-34(43)37-36(4,5)20-12-17-32(41)40(8)31(23-26-18-19-27-14-10-11-15-28(27)22-26)33(42)39(7)29(24-30-16-13-21-47-30)25-38(6)48(9,44)45/h10-19,21-22,29,31H,20,23-25H2,1-9H3,(H,37,43)/t29-,31-/m1/s1. The average Bonchev–Trinajstić information content (AvgIpc) is 3.49. The lowest BCUT2D eigenvalue weighted by Gasteiger charge is -2.36. The fourth-order valence-corrected chi connectivity index (χ4v) is 6.39. The molecule has 0 aliphatic carbocycles. The number of rotatable bonds is 14. The molecule has 0 aliphatic rings. The van der Waals surface area contributed by atoms with E-state index in [0.29, 0.717) is 12.8 Å². The molecule has 0 unspecified atom stereocenters. The molecule has 0 bridgehead atoms. The zero-order chi connectivity index (χ0) is 35.9. The summed E-state index contributed by atoms with van der Waals surface area (Å²) < 4.78 is 31.4. The molecule has 0 radical (unpaired) electrons. The van der Waals surface area contributed by atoms with Gasteiger partial charge in [0.2, 0.25) is 21.8 Å². The van der Waals surface area contributed by atoms with E-state index in [9.17, 15) is 22.8 Å². The van der Waals surface area contributed by atoms with E-state index in [1.165, 1.54) is 22.3 Å². The minimum atomic E-state index is -3.50. The van der Waals surface area contributed by atoms with Gasteiger partial charge in [0, 0.05) is 50.9 Å². The summed E-state index contributed by atoms with van der Waals surface area (Å²) in [5.74, 6) is -0.679. The van der Waals surface area contributed by atoms with Crippen LogP contribution < -0.4 is 5.32 Å². The van der Waals surface area contributed by atoms with Crippen molar-refractivity contribution in [2.75, 3.05) is 33.9 Å². The average molecular weight is 699 g/mol. The zero-order valence-electron chi connectivity index (χ0n) is 29.5. The van der Waals surface area contributed by atoms with Crippen molar-refractivity contribution in [3.05, 3.63) is 82.6 Å². The second kappa shape index (κ2) is 16.1. The molecule has 3 amide bonds. The number of ether oxygens (including phenoxy) is 1. The first kappa shape index (κ1) is 38.7. The van der Waals surface area contributed by atoms with Gasteiger partial charge in [-0.25, -0.2) is 17.5 Å². The minimum Gasteiger partial charge on any atom is -0.444 e. The van der Waals surface area contributed by atoms with Gasteiger partial charge >= 0.3 is 6.09 Å². The summed E-state index contributed by atoms with van der Waals surface area (Å²) in [7, 11) is 1.27. The number of carbonyl (C=O) groups is 3. The van der Waals surface area contributed by atoms with Crippen molar-refractivity contribution in [2.45, 2.75) is 77.1 Å². The number of nitrogens with zero attached hydrogens (tertiary/aromatic N) is 3. The Morgan fingerprint density at radius 1 is 0.917 bits per heavy atom. The number of thiophene rings is 1. The van der Waals surface area contributed by atoms with Crippen molar-refractivity contribution < 1.29 is 27.5 Å². The number of nitrogens with one attached hydrogen (secondary N) is 1. The van der Waals surface area contributed by atoms with Gasteiger partial charge in [-0.1, -0.05) is 54.6 Å². The van der Waals surface area contributed by atoms with Crippen LogP contribution in [0.5, 0.6) is 0 Å². The Balaban J connectivity index is 1.89. The van der Waals surface area contributed by atoms with Crippen molar-refractivity contribution in [3.8, 4) is 0 Å². The number of benzene rings is 2. The second-order valence-corrected chi connectivity index (χ2v) is 17.0. The smallest absolute Gasteiger partial charge is 0.408 e. The van der Waals surface area contributed by atoms with Gasteiger partial charge in [0.25, 0.3) is 0 Å². The third-order valence-corrected chi connectivity index (χ3v) is 10.2. The fourth-order valence-electron chi connectivity index (χ4n) is 5.17. The van der Waals surface area contributed by atoms with Gasteiger partial charge in [-0.3, -0.25) is 9.59 Å². The highest BCUT2D eigenvalue weighted by atomic mass is 32.2. The normalized spacial score (nSPS) is 13.8. The first-order chi connectivity index (χ1) is 22.3. The molecule has 1 heterocycles. The molecule has 262 valence electrons. The second-order valence-electron chi connectivity index (χ2n) is 13.9. The van der Waals surface area contributed by atoms with Crippen molar-refractivity contribution in [2.24, 2.45) is 0 Å². The topological polar surface area (TPSA) is 116 Å². The number of likely N-dealkylation sites (N-methyl/N-ethyl adjacent to an activating group) is 3. The van der Waals surface area contributed by atoms with Gasteiger partial charge in [-0.2, -0.15) is 0 Å². The van der Waals surface area contributed by atoms with Crippen LogP contribution in [-0.2, 0) is 37.2 Å². The SMILES string of the molecule is CN(C(=O)[C@@H](Cc1ccc2ccccc2c1)N(C)C(=O)C=CCC(C)(C)NC(=O)OC(C)(C)C)[C@H](Cc1cccs1)CN(C)S(C)(=O)=O. The Hall–Kier alpha value is -3.74.